The van der Waals surface area contributed by atoms with E-state index in [1.165, 1.54) is 20.9 Å². The van der Waals surface area contributed by atoms with Crippen molar-refractivity contribution in [1.29, 1.82) is 0 Å². The van der Waals surface area contributed by atoms with Crippen molar-refractivity contribution in [2.24, 2.45) is 0 Å². The Hall–Kier alpha value is -0.960. The fraction of sp³-hybridized carbons (Fsp3) is 0.200. The highest BCUT2D eigenvalue weighted by atomic mass is 35.5. The predicted molar refractivity (Wildman–Crippen MR) is 76.3 cm³/mol. The second kappa shape index (κ2) is 4.96. The number of halogens is 1. The summed E-state index contributed by atoms with van der Waals surface area (Å²) < 4.78 is 0. The number of rotatable bonds is 1. The van der Waals surface area contributed by atoms with Crippen LogP contribution < -0.4 is 5.32 Å². The number of benzene rings is 2. The van der Waals surface area contributed by atoms with Crippen LogP contribution >= 0.6 is 23.4 Å². The molecule has 0 aromatic heterocycles. The number of quaternary nitrogens is 1. The molecule has 0 amide bonds. The minimum Gasteiger partial charge on any atom is -0.342 e. The van der Waals surface area contributed by atoms with Gasteiger partial charge in [-0.15, -0.1) is 0 Å². The molecule has 2 N–H and O–H groups in total. The highest BCUT2D eigenvalue weighted by Crippen LogP contribution is 2.40. The number of hydrogen-bond donors (Lipinski definition) is 1. The third-order valence-corrected chi connectivity index (χ3v) is 4.85. The second-order valence-corrected chi connectivity index (χ2v) is 6.06. The maximum Gasteiger partial charge on any atom is 0.117 e. The molecule has 18 heavy (non-hydrogen) atoms. The van der Waals surface area contributed by atoms with Gasteiger partial charge in [-0.3, -0.25) is 0 Å². The van der Waals surface area contributed by atoms with Crippen LogP contribution in [0.1, 0.15) is 17.2 Å². The van der Waals surface area contributed by atoms with E-state index in [4.69, 9.17) is 11.6 Å². The van der Waals surface area contributed by atoms with Crippen molar-refractivity contribution < 1.29 is 5.32 Å². The maximum absolute atomic E-state index is 6.11. The van der Waals surface area contributed by atoms with Crippen molar-refractivity contribution in [1.82, 2.24) is 0 Å². The van der Waals surface area contributed by atoms with Gasteiger partial charge < -0.3 is 5.32 Å². The maximum atomic E-state index is 6.11. The van der Waals surface area contributed by atoms with E-state index in [-0.39, 0.29) is 0 Å². The van der Waals surface area contributed by atoms with Crippen molar-refractivity contribution in [2.45, 2.75) is 22.3 Å². The topological polar surface area (TPSA) is 16.6 Å². The van der Waals surface area contributed by atoms with Gasteiger partial charge in [0.2, 0.25) is 0 Å². The van der Waals surface area contributed by atoms with Crippen molar-refractivity contribution in [3.05, 3.63) is 58.6 Å². The summed E-state index contributed by atoms with van der Waals surface area (Å²) in [5.41, 5.74) is 2.78. The molecule has 0 saturated carbocycles. The largest absolute Gasteiger partial charge is 0.342 e. The molecule has 2 aromatic carbocycles. The van der Waals surface area contributed by atoms with E-state index in [0.29, 0.717) is 6.04 Å². The van der Waals surface area contributed by atoms with Gasteiger partial charge in [-0.05, 0) is 29.8 Å². The van der Waals surface area contributed by atoms with Gasteiger partial charge in [0.1, 0.15) is 6.04 Å². The summed E-state index contributed by atoms with van der Waals surface area (Å²) in [6, 6.07) is 15.4. The van der Waals surface area contributed by atoms with Crippen molar-refractivity contribution in [2.75, 3.05) is 7.05 Å². The fourth-order valence-corrected chi connectivity index (χ4v) is 3.77. The van der Waals surface area contributed by atoms with Crippen LogP contribution in [0.15, 0.2) is 52.3 Å². The first kappa shape index (κ1) is 12.1. The van der Waals surface area contributed by atoms with Gasteiger partial charge in [-0.1, -0.05) is 41.6 Å². The number of fused-ring (bicyclic) bond motifs is 2. The van der Waals surface area contributed by atoms with E-state index in [1.807, 2.05) is 17.8 Å². The molecule has 1 nitrogen and oxygen atoms in total. The molecule has 0 bridgehead atoms. The summed E-state index contributed by atoms with van der Waals surface area (Å²) in [5, 5.41) is 3.12. The normalized spacial score (nSPS) is 17.8. The van der Waals surface area contributed by atoms with Gasteiger partial charge in [0.15, 0.2) is 0 Å². The molecule has 0 spiro atoms. The Morgan fingerprint density at radius 3 is 2.83 bits per heavy atom. The Labute approximate surface area is 117 Å². The first-order valence-corrected chi connectivity index (χ1v) is 7.32. The van der Waals surface area contributed by atoms with Gasteiger partial charge in [-0.2, -0.15) is 0 Å². The summed E-state index contributed by atoms with van der Waals surface area (Å²) >= 11 is 7.97. The standard InChI is InChI=1S/C15H14ClNS/c1-17-13-9-10-8-11(16)6-7-14(10)18-15-5-3-2-4-12(13)15/h2-8,13,17H,9H2,1H3/p+1/t13-/m1/s1. The minimum absolute atomic E-state index is 0.480. The van der Waals surface area contributed by atoms with Gasteiger partial charge in [0, 0.05) is 26.8 Å². The third kappa shape index (κ3) is 2.16. The van der Waals surface area contributed by atoms with Gasteiger partial charge in [-0.25, -0.2) is 0 Å². The van der Waals surface area contributed by atoms with Crippen LogP contribution in [0.25, 0.3) is 0 Å². The van der Waals surface area contributed by atoms with Crippen LogP contribution in [0, 0.1) is 0 Å². The third-order valence-electron chi connectivity index (χ3n) is 3.40. The van der Waals surface area contributed by atoms with Crippen molar-refractivity contribution >= 4 is 23.4 Å². The minimum atomic E-state index is 0.480. The van der Waals surface area contributed by atoms with E-state index in [1.54, 1.807) is 0 Å². The zero-order chi connectivity index (χ0) is 12.5. The zero-order valence-corrected chi connectivity index (χ0v) is 11.8. The van der Waals surface area contributed by atoms with Gasteiger partial charge in [0.25, 0.3) is 0 Å². The lowest BCUT2D eigenvalue weighted by molar-refractivity contribution is -0.670. The Bertz CT molecular complexity index is 582. The lowest BCUT2D eigenvalue weighted by Gasteiger charge is -2.13. The molecule has 92 valence electrons. The fourth-order valence-electron chi connectivity index (χ4n) is 2.45. The lowest BCUT2D eigenvalue weighted by atomic mass is 9.99. The number of nitrogens with two attached hydrogens (primary N) is 1. The first-order chi connectivity index (χ1) is 8.78. The molecule has 3 heteroatoms. The summed E-state index contributed by atoms with van der Waals surface area (Å²) in [6.07, 6.45) is 1.04. The molecule has 1 aliphatic heterocycles. The van der Waals surface area contributed by atoms with Crippen molar-refractivity contribution in [3.8, 4) is 0 Å². The lowest BCUT2D eigenvalue weighted by Crippen LogP contribution is -2.81. The van der Waals surface area contributed by atoms with Crippen LogP contribution in [0.4, 0.5) is 0 Å². The van der Waals surface area contributed by atoms with Crippen LogP contribution in [0.3, 0.4) is 0 Å². The monoisotopic (exact) mass is 276 g/mol. The van der Waals surface area contributed by atoms with Crippen LogP contribution in [0.5, 0.6) is 0 Å². The molecule has 1 heterocycles. The van der Waals surface area contributed by atoms with E-state index < -0.39 is 0 Å². The second-order valence-electron chi connectivity index (χ2n) is 4.54. The average molecular weight is 277 g/mol. The number of likely N-dealkylation sites (N-methyl/N-ethyl adjacent to an activating group) is 1. The summed E-state index contributed by atoms with van der Waals surface area (Å²) in [5.74, 6) is 0. The first-order valence-electron chi connectivity index (χ1n) is 6.12. The molecule has 0 fully saturated rings. The van der Waals surface area contributed by atoms with Crippen LogP contribution in [-0.2, 0) is 6.42 Å². The quantitative estimate of drug-likeness (QED) is 0.846. The molecule has 1 atom stereocenters. The smallest absolute Gasteiger partial charge is 0.117 e. The van der Waals surface area contributed by atoms with Crippen LogP contribution in [0.2, 0.25) is 5.02 Å². The van der Waals surface area contributed by atoms with Gasteiger partial charge in [0.05, 0.1) is 7.05 Å². The van der Waals surface area contributed by atoms with Crippen LogP contribution in [-0.4, -0.2) is 7.05 Å². The molecule has 1 aliphatic rings. The molecule has 0 radical (unpaired) electrons. The molecule has 0 unspecified atom stereocenters. The highest BCUT2D eigenvalue weighted by Gasteiger charge is 2.23. The molecule has 0 saturated heterocycles. The zero-order valence-electron chi connectivity index (χ0n) is 10.2. The van der Waals surface area contributed by atoms with E-state index in [2.05, 4.69) is 48.8 Å². The molecule has 0 aliphatic carbocycles. The van der Waals surface area contributed by atoms with E-state index >= 15 is 0 Å². The molecule has 2 aromatic rings. The summed E-state index contributed by atoms with van der Waals surface area (Å²) in [7, 11) is 2.14. The Morgan fingerprint density at radius 2 is 2.00 bits per heavy atom. The van der Waals surface area contributed by atoms with E-state index in [0.717, 1.165) is 11.4 Å². The Morgan fingerprint density at radius 1 is 1.17 bits per heavy atom. The summed E-state index contributed by atoms with van der Waals surface area (Å²) in [4.78, 5) is 2.69. The highest BCUT2D eigenvalue weighted by molar-refractivity contribution is 7.99. The van der Waals surface area contributed by atoms with Gasteiger partial charge >= 0.3 is 0 Å². The van der Waals surface area contributed by atoms with E-state index in [9.17, 15) is 0 Å². The SMILES string of the molecule is C[NH2+][C@@H]1Cc2cc(Cl)ccc2Sc2ccccc21. The summed E-state index contributed by atoms with van der Waals surface area (Å²) in [6.45, 7) is 0. The molecule has 3 rings (SSSR count). The molecular weight excluding hydrogens is 262 g/mol. The molecular formula is C15H15ClNS+. The predicted octanol–water partition coefficient (Wildman–Crippen LogP) is 3.28. The Kier molecular flexibility index (Phi) is 3.33. The van der Waals surface area contributed by atoms with Crippen molar-refractivity contribution in [3.63, 3.8) is 0 Å². The Balaban J connectivity index is 2.13. The average Bonchev–Trinajstić information content (AvgIpc) is 2.54. The number of hydrogen-bond acceptors (Lipinski definition) is 1.